The molecular formula is C34H45N3O8. The van der Waals surface area contributed by atoms with E-state index in [1.807, 2.05) is 37.5 Å². The average Bonchev–Trinajstić information content (AvgIpc) is 3.43. The number of anilines is 1. The molecule has 11 nitrogen and oxygen atoms in total. The molecule has 1 aromatic heterocycles. The summed E-state index contributed by atoms with van der Waals surface area (Å²) in [4.78, 5) is 45.1. The predicted molar refractivity (Wildman–Crippen MR) is 168 cm³/mol. The molecule has 0 unspecified atom stereocenters. The molecule has 0 saturated carbocycles. The lowest BCUT2D eigenvalue weighted by atomic mass is 9.58. The second-order valence-electron chi connectivity index (χ2n) is 12.4. The van der Waals surface area contributed by atoms with Crippen molar-refractivity contribution in [2.45, 2.75) is 77.9 Å². The Labute approximate surface area is 264 Å². The second-order valence-corrected chi connectivity index (χ2v) is 12.4. The Balaban J connectivity index is 1.70. The molecule has 4 atom stereocenters. The summed E-state index contributed by atoms with van der Waals surface area (Å²) >= 11 is 0. The van der Waals surface area contributed by atoms with E-state index < -0.39 is 40.8 Å². The Morgan fingerprint density at radius 1 is 1.07 bits per heavy atom. The SMILES string of the molecule is CCCCOc1cc(C=O)c(N(CC)CC)c2c1C(=O)C1=C(O)[C@]3(O)C(=O)c4c(OCCCC)noc4[C@@H](N(C)C)[C@@H]3C[C@@H]1C2. The normalized spacial score (nSPS) is 23.8. The van der Waals surface area contributed by atoms with Gasteiger partial charge in [-0.1, -0.05) is 26.7 Å². The molecule has 1 aromatic carbocycles. The largest absolute Gasteiger partial charge is 0.508 e. The van der Waals surface area contributed by atoms with Gasteiger partial charge in [0.15, 0.2) is 23.4 Å². The molecule has 0 radical (unpaired) electrons. The first kappa shape index (κ1) is 32.7. The molecule has 0 bridgehead atoms. The van der Waals surface area contributed by atoms with Crippen molar-refractivity contribution in [3.05, 3.63) is 45.4 Å². The van der Waals surface area contributed by atoms with Crippen molar-refractivity contribution in [3.63, 3.8) is 0 Å². The maximum Gasteiger partial charge on any atom is 0.265 e. The van der Waals surface area contributed by atoms with Crippen LogP contribution >= 0.6 is 0 Å². The first-order valence-corrected chi connectivity index (χ1v) is 16.2. The van der Waals surface area contributed by atoms with Crippen molar-refractivity contribution in [3.8, 4) is 11.6 Å². The number of aliphatic hydroxyl groups is 2. The van der Waals surface area contributed by atoms with E-state index in [0.717, 1.165) is 32.0 Å². The van der Waals surface area contributed by atoms with Crippen molar-refractivity contribution in [2.24, 2.45) is 11.8 Å². The number of nitrogens with zero attached hydrogens (tertiary/aromatic N) is 3. The predicted octanol–water partition coefficient (Wildman–Crippen LogP) is 5.11. The summed E-state index contributed by atoms with van der Waals surface area (Å²) in [5.41, 5.74) is -0.353. The molecule has 0 saturated heterocycles. The minimum atomic E-state index is -2.40. The molecule has 3 aliphatic carbocycles. The fourth-order valence-corrected chi connectivity index (χ4v) is 7.35. The molecule has 3 aliphatic rings. The van der Waals surface area contributed by atoms with Crippen LogP contribution in [0.1, 0.15) is 108 Å². The number of Topliss-reactive ketones (excluding diaryl/α,β-unsaturated/α-hetero) is 2. The standard InChI is InChI=1S/C34H45N3O8/c1-7-11-13-43-23-17-20(18-38)27(37(9-3)10-4)21-15-19-16-22-28(36(5)6)30-26(33(35-45-30)44-14-12-8-2)32(41)34(22,42)31(40)24(19)29(39)25(21)23/h17-19,22,28,40,42H,7-16H2,1-6H3/t19-,22-,28-,34-/m0/s1. The fraction of sp³-hybridized carbons (Fsp3) is 0.588. The lowest BCUT2D eigenvalue weighted by Gasteiger charge is -2.49. The first-order chi connectivity index (χ1) is 21.6. The molecule has 0 fully saturated rings. The number of fused-ring (bicyclic) bond motifs is 4. The Kier molecular flexibility index (Phi) is 9.41. The lowest BCUT2D eigenvalue weighted by molar-refractivity contribution is -0.0559. The number of ketones is 2. The highest BCUT2D eigenvalue weighted by molar-refractivity contribution is 6.17. The van der Waals surface area contributed by atoms with Gasteiger partial charge in [-0.2, -0.15) is 0 Å². The molecular weight excluding hydrogens is 578 g/mol. The summed E-state index contributed by atoms with van der Waals surface area (Å²) < 4.78 is 17.6. The summed E-state index contributed by atoms with van der Waals surface area (Å²) in [6, 6.07) is 0.957. The van der Waals surface area contributed by atoms with E-state index in [-0.39, 0.29) is 40.5 Å². The zero-order chi connectivity index (χ0) is 32.6. The van der Waals surface area contributed by atoms with E-state index >= 15 is 0 Å². The van der Waals surface area contributed by atoms with Gasteiger partial charge in [0.1, 0.15) is 17.1 Å². The molecule has 244 valence electrons. The number of allylic oxidation sites excluding steroid dienone is 1. The molecule has 0 amide bonds. The van der Waals surface area contributed by atoms with Crippen molar-refractivity contribution < 1.29 is 38.6 Å². The minimum absolute atomic E-state index is 0.00477. The molecule has 2 N–H and O–H groups in total. The Bertz CT molecular complexity index is 1510. The van der Waals surface area contributed by atoms with Crippen LogP contribution in [0.5, 0.6) is 11.6 Å². The zero-order valence-corrected chi connectivity index (χ0v) is 27.1. The average molecular weight is 624 g/mol. The molecule has 0 aliphatic heterocycles. The maximum atomic E-state index is 14.5. The highest BCUT2D eigenvalue weighted by Crippen LogP contribution is 2.57. The lowest BCUT2D eigenvalue weighted by Crippen LogP contribution is -2.59. The van der Waals surface area contributed by atoms with Gasteiger partial charge in [-0.05, 0) is 76.3 Å². The molecule has 2 aromatic rings. The highest BCUT2D eigenvalue weighted by atomic mass is 16.5. The van der Waals surface area contributed by atoms with Crippen LogP contribution in [-0.4, -0.2) is 84.1 Å². The molecule has 11 heteroatoms. The topological polar surface area (TPSA) is 143 Å². The van der Waals surface area contributed by atoms with Crippen molar-refractivity contribution >= 4 is 23.5 Å². The van der Waals surface area contributed by atoms with Gasteiger partial charge in [-0.15, -0.1) is 0 Å². The van der Waals surface area contributed by atoms with Crippen LogP contribution < -0.4 is 14.4 Å². The summed E-state index contributed by atoms with van der Waals surface area (Å²) in [6.07, 6.45) is 4.53. The van der Waals surface area contributed by atoms with E-state index in [9.17, 15) is 24.6 Å². The number of benzene rings is 1. The number of rotatable bonds is 13. The van der Waals surface area contributed by atoms with Crippen LogP contribution in [0.2, 0.25) is 0 Å². The van der Waals surface area contributed by atoms with Crippen molar-refractivity contribution in [1.29, 1.82) is 0 Å². The molecule has 1 heterocycles. The van der Waals surface area contributed by atoms with E-state index in [0.29, 0.717) is 49.5 Å². The van der Waals surface area contributed by atoms with Gasteiger partial charge in [0.25, 0.3) is 5.88 Å². The number of aromatic nitrogens is 1. The van der Waals surface area contributed by atoms with Gasteiger partial charge in [0.05, 0.1) is 30.5 Å². The number of ether oxygens (including phenoxy) is 2. The zero-order valence-electron chi connectivity index (χ0n) is 27.1. The summed E-state index contributed by atoms with van der Waals surface area (Å²) in [5, 5.41) is 28.3. The summed E-state index contributed by atoms with van der Waals surface area (Å²) in [7, 11) is 3.61. The van der Waals surface area contributed by atoms with Crippen LogP contribution in [0.15, 0.2) is 21.9 Å². The summed E-state index contributed by atoms with van der Waals surface area (Å²) in [6.45, 7) is 9.90. The smallest absolute Gasteiger partial charge is 0.265 e. The fourth-order valence-electron chi connectivity index (χ4n) is 7.35. The highest BCUT2D eigenvalue weighted by Gasteiger charge is 2.64. The number of hydrogen-bond acceptors (Lipinski definition) is 11. The van der Waals surface area contributed by atoms with Crippen LogP contribution in [0.4, 0.5) is 5.69 Å². The number of hydrogen-bond donors (Lipinski definition) is 2. The quantitative estimate of drug-likeness (QED) is 0.227. The van der Waals surface area contributed by atoms with Gasteiger partial charge in [0.2, 0.25) is 5.78 Å². The third-order valence-electron chi connectivity index (χ3n) is 9.58. The van der Waals surface area contributed by atoms with Gasteiger partial charge in [-0.3, -0.25) is 19.3 Å². The third kappa shape index (κ3) is 5.13. The van der Waals surface area contributed by atoms with Gasteiger partial charge >= 0.3 is 0 Å². The van der Waals surface area contributed by atoms with Crippen LogP contribution in [0.25, 0.3) is 0 Å². The maximum absolute atomic E-state index is 14.5. The van der Waals surface area contributed by atoms with E-state index in [1.165, 1.54) is 0 Å². The minimum Gasteiger partial charge on any atom is -0.508 e. The van der Waals surface area contributed by atoms with Crippen LogP contribution in [0.3, 0.4) is 0 Å². The second kappa shape index (κ2) is 13.0. The Morgan fingerprint density at radius 3 is 2.33 bits per heavy atom. The van der Waals surface area contributed by atoms with Gasteiger partial charge in [-0.25, -0.2) is 0 Å². The number of carbonyl (C=O) groups is 3. The van der Waals surface area contributed by atoms with Gasteiger partial charge < -0.3 is 29.1 Å². The van der Waals surface area contributed by atoms with Crippen molar-refractivity contribution in [2.75, 3.05) is 45.3 Å². The Hall–Kier alpha value is -3.70. The molecule has 0 spiro atoms. The number of carbonyl (C=O) groups excluding carboxylic acids is 3. The van der Waals surface area contributed by atoms with E-state index in [2.05, 4.69) is 5.16 Å². The third-order valence-corrected chi connectivity index (χ3v) is 9.58. The number of aldehydes is 1. The molecule has 5 rings (SSSR count). The first-order valence-electron chi connectivity index (χ1n) is 16.2. The van der Waals surface area contributed by atoms with E-state index in [1.54, 1.807) is 20.2 Å². The van der Waals surface area contributed by atoms with Crippen LogP contribution in [-0.2, 0) is 6.42 Å². The summed E-state index contributed by atoms with van der Waals surface area (Å²) in [5.74, 6) is -2.83. The molecule has 45 heavy (non-hydrogen) atoms. The number of aliphatic hydroxyl groups excluding tert-OH is 1. The van der Waals surface area contributed by atoms with Crippen molar-refractivity contribution in [1.82, 2.24) is 10.1 Å². The Morgan fingerprint density at radius 2 is 1.73 bits per heavy atom. The van der Waals surface area contributed by atoms with Crippen LogP contribution in [0, 0.1) is 11.8 Å². The monoisotopic (exact) mass is 623 g/mol. The van der Waals surface area contributed by atoms with E-state index in [4.69, 9.17) is 14.0 Å². The number of unbranched alkanes of at least 4 members (excludes halogenated alkanes) is 2. The van der Waals surface area contributed by atoms with Gasteiger partial charge in [0, 0.05) is 30.1 Å².